The fraction of sp³-hybridized carbons (Fsp3) is 0.550. The zero-order valence-corrected chi connectivity index (χ0v) is 16.3. The number of hydrogen-bond donors (Lipinski definition) is 5. The number of rotatable bonds is 10. The van der Waals surface area contributed by atoms with Gasteiger partial charge >= 0.3 is 5.97 Å². The molecular formula is C20H29NO7. The first kappa shape index (κ1) is 23.6. The van der Waals surface area contributed by atoms with Crippen LogP contribution in [0.1, 0.15) is 46.0 Å². The van der Waals surface area contributed by atoms with Gasteiger partial charge in [0.15, 0.2) is 5.78 Å². The highest BCUT2D eigenvalue weighted by atomic mass is 16.4. The first-order valence-electron chi connectivity index (χ1n) is 9.26. The van der Waals surface area contributed by atoms with E-state index in [0.717, 1.165) is 6.08 Å². The van der Waals surface area contributed by atoms with Crippen LogP contribution in [-0.2, 0) is 14.4 Å². The third kappa shape index (κ3) is 5.77. The molecule has 8 heteroatoms. The van der Waals surface area contributed by atoms with E-state index in [4.69, 9.17) is 0 Å². The summed E-state index contributed by atoms with van der Waals surface area (Å²) in [5.74, 6) is -3.27. The summed E-state index contributed by atoms with van der Waals surface area (Å²) in [6.07, 6.45) is 2.10. The maximum atomic E-state index is 11.8. The number of Topliss-reactive ketones (excluding diaryl/α,β-unsaturated/α-hetero) is 1. The van der Waals surface area contributed by atoms with Crippen LogP contribution >= 0.6 is 0 Å². The number of amides is 1. The maximum absolute atomic E-state index is 11.8. The van der Waals surface area contributed by atoms with E-state index in [2.05, 4.69) is 11.9 Å². The highest BCUT2D eigenvalue weighted by Gasteiger charge is 2.43. The largest absolute Gasteiger partial charge is 0.511 e. The number of aliphatic carboxylic acids is 1. The number of aliphatic hydroxyl groups is 3. The molecule has 1 heterocycles. The van der Waals surface area contributed by atoms with Gasteiger partial charge in [-0.25, -0.2) is 4.79 Å². The molecule has 28 heavy (non-hydrogen) atoms. The Morgan fingerprint density at radius 3 is 2.50 bits per heavy atom. The first-order valence-corrected chi connectivity index (χ1v) is 9.26. The van der Waals surface area contributed by atoms with Crippen LogP contribution in [0.15, 0.2) is 35.6 Å². The van der Waals surface area contributed by atoms with E-state index in [1.807, 2.05) is 0 Å². The molecule has 0 radical (unpaired) electrons. The van der Waals surface area contributed by atoms with Gasteiger partial charge in [0.25, 0.3) is 5.91 Å². The Bertz CT molecular complexity index is 677. The second-order valence-electron chi connectivity index (χ2n) is 7.07. The first-order chi connectivity index (χ1) is 13.0. The smallest absolute Gasteiger partial charge is 0.342 e. The number of piperidine rings is 1. The second kappa shape index (κ2) is 10.2. The Hall–Kier alpha value is -2.45. The van der Waals surface area contributed by atoms with Gasteiger partial charge in [-0.2, -0.15) is 0 Å². The van der Waals surface area contributed by atoms with E-state index in [1.54, 1.807) is 13.8 Å². The molecule has 0 aromatic carbocycles. The molecule has 1 aliphatic rings. The van der Waals surface area contributed by atoms with Gasteiger partial charge in [-0.05, 0) is 24.8 Å². The number of hydrogen-bond acceptors (Lipinski definition) is 6. The summed E-state index contributed by atoms with van der Waals surface area (Å²) in [6, 6.07) is 0. The number of carboxylic acid groups (broad SMARTS) is 1. The standard InChI is InChI=1S/C20H29NO7/c1-4-13(3)17(24)20(28,19(26)27)10-5-6-12(2)7-8-14(22)16-15(23)9-11-21-18(16)25/h5,10,13,17,22,24,28H,2,4,6-9,11H2,1,3H3,(H,21,25)(H,26,27)/b10-5+,16-14+/t13-,17+,20-/m0/s1. The van der Waals surface area contributed by atoms with Crippen molar-refractivity contribution >= 4 is 17.7 Å². The van der Waals surface area contributed by atoms with Gasteiger partial charge in [0.05, 0.1) is 6.10 Å². The number of allylic oxidation sites excluding steroid dienone is 3. The van der Waals surface area contributed by atoms with Gasteiger partial charge in [-0.1, -0.05) is 38.5 Å². The maximum Gasteiger partial charge on any atom is 0.342 e. The normalized spacial score (nSPS) is 21.0. The molecule has 8 nitrogen and oxygen atoms in total. The number of aliphatic hydroxyl groups excluding tert-OH is 2. The Kier molecular flexibility index (Phi) is 8.59. The van der Waals surface area contributed by atoms with Crippen molar-refractivity contribution in [3.8, 4) is 0 Å². The number of carbonyl (C=O) groups excluding carboxylic acids is 2. The zero-order valence-electron chi connectivity index (χ0n) is 16.3. The molecule has 1 amide bonds. The van der Waals surface area contributed by atoms with E-state index < -0.39 is 35.3 Å². The lowest BCUT2D eigenvalue weighted by Gasteiger charge is -2.29. The van der Waals surface area contributed by atoms with Crippen molar-refractivity contribution in [3.05, 3.63) is 35.6 Å². The summed E-state index contributed by atoms with van der Waals surface area (Å²) in [6.45, 7) is 7.48. The summed E-state index contributed by atoms with van der Waals surface area (Å²) >= 11 is 0. The highest BCUT2D eigenvalue weighted by molar-refractivity contribution is 6.21. The molecule has 0 bridgehead atoms. The molecule has 0 saturated carbocycles. The Balaban J connectivity index is 2.71. The summed E-state index contributed by atoms with van der Waals surface area (Å²) in [5.41, 5.74) is -2.05. The molecule has 0 aromatic heterocycles. The van der Waals surface area contributed by atoms with Crippen LogP contribution in [0.3, 0.4) is 0 Å². The number of ketones is 1. The van der Waals surface area contributed by atoms with Crippen molar-refractivity contribution in [2.24, 2.45) is 5.92 Å². The zero-order chi connectivity index (χ0) is 21.5. The fourth-order valence-electron chi connectivity index (χ4n) is 2.80. The van der Waals surface area contributed by atoms with Crippen LogP contribution in [0, 0.1) is 5.92 Å². The van der Waals surface area contributed by atoms with E-state index in [-0.39, 0.29) is 43.6 Å². The third-order valence-corrected chi connectivity index (χ3v) is 4.90. The third-order valence-electron chi connectivity index (χ3n) is 4.90. The minimum absolute atomic E-state index is 0.0415. The van der Waals surface area contributed by atoms with Crippen LogP contribution in [0.25, 0.3) is 0 Å². The van der Waals surface area contributed by atoms with E-state index in [0.29, 0.717) is 12.0 Å². The molecule has 156 valence electrons. The van der Waals surface area contributed by atoms with Crippen molar-refractivity contribution in [2.45, 2.75) is 57.7 Å². The minimum atomic E-state index is -2.41. The number of nitrogens with one attached hydrogen (secondary N) is 1. The van der Waals surface area contributed by atoms with E-state index in [1.165, 1.54) is 6.08 Å². The summed E-state index contributed by atoms with van der Waals surface area (Å²) < 4.78 is 0. The quantitative estimate of drug-likeness (QED) is 0.163. The van der Waals surface area contributed by atoms with Gasteiger partial charge in [-0.3, -0.25) is 9.59 Å². The minimum Gasteiger partial charge on any atom is -0.511 e. The van der Waals surface area contributed by atoms with Gasteiger partial charge in [-0.15, -0.1) is 0 Å². The Morgan fingerprint density at radius 1 is 1.32 bits per heavy atom. The van der Waals surface area contributed by atoms with Crippen molar-refractivity contribution < 1.29 is 34.8 Å². The van der Waals surface area contributed by atoms with Crippen molar-refractivity contribution in [3.63, 3.8) is 0 Å². The molecule has 1 saturated heterocycles. The van der Waals surface area contributed by atoms with Gasteiger partial charge in [0.2, 0.25) is 5.60 Å². The molecular weight excluding hydrogens is 366 g/mol. The second-order valence-corrected chi connectivity index (χ2v) is 7.07. The summed E-state index contributed by atoms with van der Waals surface area (Å²) in [7, 11) is 0. The van der Waals surface area contributed by atoms with E-state index >= 15 is 0 Å². The predicted octanol–water partition coefficient (Wildman–Crippen LogP) is 1.39. The fourth-order valence-corrected chi connectivity index (χ4v) is 2.80. The SMILES string of the molecule is C=C(C/C=C/[C@@](O)(C(=O)O)[C@H](O)[C@@H](C)CC)CC/C(O)=C1/C(=O)CCNC1=O. The molecule has 0 unspecified atom stereocenters. The van der Waals surface area contributed by atoms with Gasteiger partial charge in [0, 0.05) is 19.4 Å². The van der Waals surface area contributed by atoms with Crippen LogP contribution in [0.2, 0.25) is 0 Å². The number of carbonyl (C=O) groups is 3. The van der Waals surface area contributed by atoms with Crippen LogP contribution in [-0.4, -0.2) is 56.3 Å². The molecule has 0 aromatic rings. The predicted molar refractivity (Wildman–Crippen MR) is 102 cm³/mol. The lowest BCUT2D eigenvalue weighted by atomic mass is 9.85. The lowest BCUT2D eigenvalue weighted by molar-refractivity contribution is -0.167. The van der Waals surface area contributed by atoms with Crippen LogP contribution < -0.4 is 5.32 Å². The molecule has 1 rings (SSSR count). The van der Waals surface area contributed by atoms with Crippen molar-refractivity contribution in [2.75, 3.05) is 6.54 Å². The topological polar surface area (TPSA) is 144 Å². The van der Waals surface area contributed by atoms with E-state index in [9.17, 15) is 34.8 Å². The van der Waals surface area contributed by atoms with Crippen LogP contribution in [0.4, 0.5) is 0 Å². The van der Waals surface area contributed by atoms with Crippen LogP contribution in [0.5, 0.6) is 0 Å². The average molecular weight is 395 g/mol. The Morgan fingerprint density at radius 2 is 1.96 bits per heavy atom. The van der Waals surface area contributed by atoms with Gasteiger partial charge in [0.1, 0.15) is 11.3 Å². The van der Waals surface area contributed by atoms with Crippen molar-refractivity contribution in [1.29, 1.82) is 0 Å². The molecule has 1 aliphatic heterocycles. The lowest BCUT2D eigenvalue weighted by Crippen LogP contribution is -2.50. The average Bonchev–Trinajstić information content (AvgIpc) is 2.64. The summed E-state index contributed by atoms with van der Waals surface area (Å²) in [4.78, 5) is 34.9. The molecule has 0 spiro atoms. The Labute approximate surface area is 164 Å². The summed E-state index contributed by atoms with van der Waals surface area (Å²) in [5, 5.41) is 42.3. The molecule has 3 atom stereocenters. The molecule has 5 N–H and O–H groups in total. The highest BCUT2D eigenvalue weighted by Crippen LogP contribution is 2.24. The molecule has 0 aliphatic carbocycles. The monoisotopic (exact) mass is 395 g/mol. The van der Waals surface area contributed by atoms with Crippen molar-refractivity contribution in [1.82, 2.24) is 5.32 Å². The van der Waals surface area contributed by atoms with Gasteiger partial charge < -0.3 is 25.7 Å². The molecule has 1 fully saturated rings. The number of carboxylic acids is 1.